The predicted octanol–water partition coefficient (Wildman–Crippen LogP) is 2.68. The zero-order valence-electron chi connectivity index (χ0n) is 15.0. The van der Waals surface area contributed by atoms with Gasteiger partial charge in [0.25, 0.3) is 0 Å². The fraction of sp³-hybridized carbons (Fsp3) is 0.667. The standard InChI is InChI=1S/C18H22F6N2O2/c19-17(20,21)15(27)5-7-25(11-15)9-13-1-2-14(4-3-13)10-26-8-6-16(28,12-26)18(22,23)24/h1-4,27-28H,5-12H2. The minimum Gasteiger partial charge on any atom is -0.379 e. The van der Waals surface area contributed by atoms with Crippen molar-refractivity contribution in [1.82, 2.24) is 9.80 Å². The first kappa shape index (κ1) is 21.4. The number of β-amino-alcohol motifs (C(OH)–C–C–N with tert-alkyl or cyclic N) is 2. The van der Waals surface area contributed by atoms with Gasteiger partial charge >= 0.3 is 12.4 Å². The minimum atomic E-state index is -4.67. The third-order valence-electron chi connectivity index (χ3n) is 5.54. The van der Waals surface area contributed by atoms with Gasteiger partial charge in [-0.2, -0.15) is 26.3 Å². The smallest absolute Gasteiger partial charge is 0.379 e. The molecule has 28 heavy (non-hydrogen) atoms. The van der Waals surface area contributed by atoms with E-state index in [-0.39, 0.29) is 39.0 Å². The first-order valence-corrected chi connectivity index (χ1v) is 8.92. The molecule has 2 heterocycles. The summed E-state index contributed by atoms with van der Waals surface area (Å²) < 4.78 is 77.2. The molecule has 2 fully saturated rings. The molecular formula is C18H22F6N2O2. The van der Waals surface area contributed by atoms with Crippen LogP contribution in [-0.2, 0) is 13.1 Å². The van der Waals surface area contributed by atoms with Crippen molar-refractivity contribution in [3.05, 3.63) is 35.4 Å². The lowest BCUT2D eigenvalue weighted by atomic mass is 10.0. The summed E-state index contributed by atoms with van der Waals surface area (Å²) in [6, 6.07) is 6.86. The van der Waals surface area contributed by atoms with Gasteiger partial charge in [0.05, 0.1) is 0 Å². The summed E-state index contributed by atoms with van der Waals surface area (Å²) in [5.74, 6) is 0. The Morgan fingerprint density at radius 2 is 1.04 bits per heavy atom. The van der Waals surface area contributed by atoms with Gasteiger partial charge in [0.2, 0.25) is 0 Å². The maximum absolute atomic E-state index is 12.9. The zero-order valence-corrected chi connectivity index (χ0v) is 15.0. The van der Waals surface area contributed by atoms with Crippen molar-refractivity contribution in [2.45, 2.75) is 49.5 Å². The van der Waals surface area contributed by atoms with E-state index < -0.39 is 36.6 Å². The van der Waals surface area contributed by atoms with E-state index in [1.165, 1.54) is 9.80 Å². The second-order valence-corrected chi connectivity index (χ2v) is 7.80. The lowest BCUT2D eigenvalue weighted by molar-refractivity contribution is -0.254. The van der Waals surface area contributed by atoms with E-state index in [1.54, 1.807) is 24.3 Å². The highest BCUT2D eigenvalue weighted by molar-refractivity contribution is 5.23. The lowest BCUT2D eigenvalue weighted by Crippen LogP contribution is -2.47. The molecular weight excluding hydrogens is 390 g/mol. The van der Waals surface area contributed by atoms with Crippen LogP contribution in [0.2, 0.25) is 0 Å². The first-order chi connectivity index (χ1) is 12.8. The summed E-state index contributed by atoms with van der Waals surface area (Å²) in [7, 11) is 0. The Morgan fingerprint density at radius 3 is 1.29 bits per heavy atom. The maximum Gasteiger partial charge on any atom is 0.418 e. The number of nitrogens with zero attached hydrogens (tertiary/aromatic N) is 2. The number of alkyl halides is 6. The van der Waals surface area contributed by atoms with Crippen molar-refractivity contribution in [3.8, 4) is 0 Å². The van der Waals surface area contributed by atoms with Crippen molar-refractivity contribution in [3.63, 3.8) is 0 Å². The average molecular weight is 412 g/mol. The second-order valence-electron chi connectivity index (χ2n) is 7.80. The monoisotopic (exact) mass is 412 g/mol. The summed E-state index contributed by atoms with van der Waals surface area (Å²) in [5.41, 5.74) is -3.86. The van der Waals surface area contributed by atoms with Crippen LogP contribution in [0.15, 0.2) is 24.3 Å². The molecule has 0 spiro atoms. The molecule has 3 rings (SSSR count). The van der Waals surface area contributed by atoms with E-state index in [1.807, 2.05) is 0 Å². The molecule has 1 aromatic rings. The molecule has 2 unspecified atom stereocenters. The van der Waals surface area contributed by atoms with Crippen LogP contribution in [0.4, 0.5) is 26.3 Å². The Hall–Kier alpha value is -1.36. The molecule has 0 radical (unpaired) electrons. The van der Waals surface area contributed by atoms with Gasteiger partial charge in [-0.3, -0.25) is 9.80 Å². The van der Waals surface area contributed by atoms with Gasteiger partial charge in [0, 0.05) is 39.3 Å². The van der Waals surface area contributed by atoms with Gasteiger partial charge in [0.15, 0.2) is 11.2 Å². The molecule has 158 valence electrons. The molecule has 2 atom stereocenters. The van der Waals surface area contributed by atoms with Crippen molar-refractivity contribution >= 4 is 0 Å². The highest BCUT2D eigenvalue weighted by atomic mass is 19.4. The van der Waals surface area contributed by atoms with E-state index in [4.69, 9.17) is 0 Å². The summed E-state index contributed by atoms with van der Waals surface area (Å²) in [5, 5.41) is 19.4. The van der Waals surface area contributed by atoms with E-state index in [0.29, 0.717) is 0 Å². The highest BCUT2D eigenvalue weighted by Gasteiger charge is 2.57. The van der Waals surface area contributed by atoms with E-state index in [0.717, 1.165) is 11.1 Å². The summed E-state index contributed by atoms with van der Waals surface area (Å²) >= 11 is 0. The molecule has 2 N–H and O–H groups in total. The summed E-state index contributed by atoms with van der Waals surface area (Å²) in [4.78, 5) is 3.04. The minimum absolute atomic E-state index is 0.127. The molecule has 2 saturated heterocycles. The van der Waals surface area contributed by atoms with Crippen LogP contribution in [0.1, 0.15) is 24.0 Å². The van der Waals surface area contributed by atoms with E-state index in [2.05, 4.69) is 0 Å². The Kier molecular flexibility index (Phi) is 5.46. The topological polar surface area (TPSA) is 46.9 Å². The van der Waals surface area contributed by atoms with Crippen LogP contribution in [0.5, 0.6) is 0 Å². The van der Waals surface area contributed by atoms with Gasteiger partial charge in [0.1, 0.15) is 0 Å². The zero-order chi connectivity index (χ0) is 20.8. The largest absolute Gasteiger partial charge is 0.418 e. The molecule has 4 nitrogen and oxygen atoms in total. The molecule has 0 saturated carbocycles. The Balaban J connectivity index is 1.54. The number of likely N-dealkylation sites (tertiary alicyclic amines) is 2. The van der Waals surface area contributed by atoms with Crippen LogP contribution < -0.4 is 0 Å². The molecule has 10 heteroatoms. The Bertz CT molecular complexity index is 634. The number of hydrogen-bond acceptors (Lipinski definition) is 4. The van der Waals surface area contributed by atoms with Crippen molar-refractivity contribution in [1.29, 1.82) is 0 Å². The quantitative estimate of drug-likeness (QED) is 0.747. The van der Waals surface area contributed by atoms with E-state index >= 15 is 0 Å². The highest BCUT2D eigenvalue weighted by Crippen LogP contribution is 2.39. The van der Waals surface area contributed by atoms with Gasteiger partial charge < -0.3 is 10.2 Å². The molecule has 0 aromatic heterocycles. The number of halogens is 6. The van der Waals surface area contributed by atoms with Gasteiger partial charge in [-0.15, -0.1) is 0 Å². The number of rotatable bonds is 4. The third kappa shape index (κ3) is 4.29. The molecule has 0 aliphatic carbocycles. The van der Waals surface area contributed by atoms with Crippen LogP contribution in [0.25, 0.3) is 0 Å². The van der Waals surface area contributed by atoms with Crippen molar-refractivity contribution in [2.75, 3.05) is 26.2 Å². The van der Waals surface area contributed by atoms with Crippen LogP contribution in [-0.4, -0.2) is 69.7 Å². The molecule has 1 aromatic carbocycles. The fourth-order valence-electron chi connectivity index (χ4n) is 3.74. The number of hydrogen-bond donors (Lipinski definition) is 2. The third-order valence-corrected chi connectivity index (χ3v) is 5.54. The second kappa shape index (κ2) is 7.16. The van der Waals surface area contributed by atoms with Crippen molar-refractivity contribution in [2.24, 2.45) is 0 Å². The fourth-order valence-corrected chi connectivity index (χ4v) is 3.74. The Morgan fingerprint density at radius 1 is 0.714 bits per heavy atom. The maximum atomic E-state index is 12.9. The van der Waals surface area contributed by atoms with Crippen molar-refractivity contribution < 1.29 is 36.6 Å². The summed E-state index contributed by atoms with van der Waals surface area (Å²) in [6.45, 7) is -0.223. The molecule has 0 amide bonds. The SMILES string of the molecule is OC1(C(F)(F)F)CCN(Cc2ccc(CN3CCC(O)(C(F)(F)F)C3)cc2)C1. The number of benzene rings is 1. The van der Waals surface area contributed by atoms with Crippen LogP contribution >= 0.6 is 0 Å². The number of aliphatic hydroxyl groups is 2. The van der Waals surface area contributed by atoms with Crippen LogP contribution in [0, 0.1) is 0 Å². The average Bonchev–Trinajstić information content (AvgIpc) is 3.13. The van der Waals surface area contributed by atoms with Gasteiger partial charge in [-0.05, 0) is 24.0 Å². The Labute approximate surface area is 158 Å². The molecule has 2 aliphatic heterocycles. The van der Waals surface area contributed by atoms with E-state index in [9.17, 15) is 36.6 Å². The molecule has 2 aliphatic rings. The normalized spacial score (nSPS) is 30.3. The molecule has 0 bridgehead atoms. The first-order valence-electron chi connectivity index (χ1n) is 8.92. The predicted molar refractivity (Wildman–Crippen MR) is 88.2 cm³/mol. The van der Waals surface area contributed by atoms with Gasteiger partial charge in [-0.25, -0.2) is 0 Å². The summed E-state index contributed by atoms with van der Waals surface area (Å²) in [6.07, 6.45) is -10.1. The van der Waals surface area contributed by atoms with Crippen LogP contribution in [0.3, 0.4) is 0 Å². The van der Waals surface area contributed by atoms with Gasteiger partial charge in [-0.1, -0.05) is 24.3 Å². The lowest BCUT2D eigenvalue weighted by Gasteiger charge is -2.26.